The van der Waals surface area contributed by atoms with Crippen LogP contribution in [0.2, 0.25) is 0 Å². The van der Waals surface area contributed by atoms with E-state index in [-0.39, 0.29) is 0 Å². The quantitative estimate of drug-likeness (QED) is 0.666. The van der Waals surface area contributed by atoms with E-state index in [1.165, 1.54) is 27.8 Å². The van der Waals surface area contributed by atoms with Gasteiger partial charge in [-0.15, -0.1) is 0 Å². The summed E-state index contributed by atoms with van der Waals surface area (Å²) in [6, 6.07) is 15.2. The lowest BCUT2D eigenvalue weighted by atomic mass is 9.90. The van der Waals surface area contributed by atoms with Gasteiger partial charge in [0.1, 0.15) is 0 Å². The van der Waals surface area contributed by atoms with Gasteiger partial charge in [-0.2, -0.15) is 0 Å². The van der Waals surface area contributed by atoms with Crippen LogP contribution >= 0.6 is 0 Å². The minimum Gasteiger partial charge on any atom is -0.0622 e. The maximum atomic E-state index is 2.30. The Labute approximate surface area is 104 Å². The largest absolute Gasteiger partial charge is 0.0622 e. The lowest BCUT2D eigenvalue weighted by Gasteiger charge is -2.15. The summed E-state index contributed by atoms with van der Waals surface area (Å²) in [5.41, 5.74) is 6.92. The van der Waals surface area contributed by atoms with Crippen LogP contribution in [-0.4, -0.2) is 0 Å². The molecule has 0 nitrogen and oxygen atoms in total. The molecule has 2 aromatic rings. The number of benzene rings is 2. The number of hydrogen-bond acceptors (Lipinski definition) is 0. The molecular formula is C17H20. The number of rotatable bonds is 2. The Hall–Kier alpha value is -1.56. The molecule has 0 aromatic heterocycles. The molecule has 0 heteroatoms. The summed E-state index contributed by atoms with van der Waals surface area (Å²) >= 11 is 0. The molecule has 2 aromatic carbocycles. The number of hydrogen-bond donors (Lipinski definition) is 0. The third kappa shape index (κ3) is 2.41. The molecule has 0 amide bonds. The van der Waals surface area contributed by atoms with E-state index in [1.807, 2.05) is 0 Å². The summed E-state index contributed by atoms with van der Waals surface area (Å²) in [6.07, 6.45) is 0. The zero-order valence-corrected chi connectivity index (χ0v) is 11.1. The predicted octanol–water partition coefficient (Wildman–Crippen LogP) is 5.09. The first-order valence-corrected chi connectivity index (χ1v) is 6.26. The molecule has 88 valence electrons. The Bertz CT molecular complexity index is 484. The Kier molecular flexibility index (Phi) is 3.33. The van der Waals surface area contributed by atoms with Gasteiger partial charge in [0.2, 0.25) is 0 Å². The molecule has 0 aliphatic heterocycles. The highest BCUT2D eigenvalue weighted by atomic mass is 14.1. The normalized spacial score (nSPS) is 10.9. The molecule has 0 unspecified atom stereocenters. The molecule has 0 spiro atoms. The first kappa shape index (κ1) is 11.9. The van der Waals surface area contributed by atoms with Gasteiger partial charge in [0, 0.05) is 0 Å². The first-order valence-electron chi connectivity index (χ1n) is 6.26. The Morgan fingerprint density at radius 2 is 1.29 bits per heavy atom. The lowest BCUT2D eigenvalue weighted by molar-refractivity contribution is 0.846. The van der Waals surface area contributed by atoms with Crippen LogP contribution in [0.15, 0.2) is 42.5 Å². The fourth-order valence-electron chi connectivity index (χ4n) is 2.68. The maximum Gasteiger partial charge on any atom is -0.0179 e. The average molecular weight is 224 g/mol. The molecule has 2 rings (SSSR count). The van der Waals surface area contributed by atoms with Crippen LogP contribution in [0.25, 0.3) is 11.1 Å². The maximum absolute atomic E-state index is 2.30. The SMILES string of the molecule is Cc1cc(-c2ccccc2)cc(C)c1C(C)C. The Morgan fingerprint density at radius 3 is 1.76 bits per heavy atom. The van der Waals surface area contributed by atoms with Crippen LogP contribution in [0.4, 0.5) is 0 Å². The van der Waals surface area contributed by atoms with Gasteiger partial charge in [-0.3, -0.25) is 0 Å². The predicted molar refractivity (Wildman–Crippen MR) is 75.4 cm³/mol. The second kappa shape index (κ2) is 4.75. The van der Waals surface area contributed by atoms with Crippen molar-refractivity contribution in [3.63, 3.8) is 0 Å². The summed E-state index contributed by atoms with van der Waals surface area (Å²) in [6.45, 7) is 8.96. The van der Waals surface area contributed by atoms with E-state index in [0.29, 0.717) is 5.92 Å². The fourth-order valence-corrected chi connectivity index (χ4v) is 2.68. The third-order valence-corrected chi connectivity index (χ3v) is 3.28. The van der Waals surface area contributed by atoms with Crippen LogP contribution in [0, 0.1) is 13.8 Å². The minimum absolute atomic E-state index is 0.597. The summed E-state index contributed by atoms with van der Waals surface area (Å²) in [7, 11) is 0. The second-order valence-corrected chi connectivity index (χ2v) is 5.04. The molecule has 0 heterocycles. The van der Waals surface area contributed by atoms with Gasteiger partial charge in [-0.05, 0) is 47.6 Å². The Morgan fingerprint density at radius 1 is 0.765 bits per heavy atom. The third-order valence-electron chi connectivity index (χ3n) is 3.28. The van der Waals surface area contributed by atoms with Crippen molar-refractivity contribution in [1.82, 2.24) is 0 Å². The highest BCUT2D eigenvalue weighted by Crippen LogP contribution is 2.29. The summed E-state index contributed by atoms with van der Waals surface area (Å²) in [4.78, 5) is 0. The summed E-state index contributed by atoms with van der Waals surface area (Å²) < 4.78 is 0. The molecule has 0 fully saturated rings. The van der Waals surface area contributed by atoms with E-state index in [1.54, 1.807) is 0 Å². The van der Waals surface area contributed by atoms with E-state index >= 15 is 0 Å². The van der Waals surface area contributed by atoms with Gasteiger partial charge in [0.15, 0.2) is 0 Å². The molecule has 0 aliphatic carbocycles. The molecule has 0 bridgehead atoms. The van der Waals surface area contributed by atoms with E-state index < -0.39 is 0 Å². The van der Waals surface area contributed by atoms with Gasteiger partial charge >= 0.3 is 0 Å². The monoisotopic (exact) mass is 224 g/mol. The molecule has 0 radical (unpaired) electrons. The van der Waals surface area contributed by atoms with Gasteiger partial charge in [0.05, 0.1) is 0 Å². The van der Waals surface area contributed by atoms with Crippen LogP contribution in [0.3, 0.4) is 0 Å². The van der Waals surface area contributed by atoms with E-state index in [9.17, 15) is 0 Å². The van der Waals surface area contributed by atoms with Crippen molar-refractivity contribution in [2.75, 3.05) is 0 Å². The number of aryl methyl sites for hydroxylation is 2. The zero-order valence-electron chi connectivity index (χ0n) is 11.1. The molecule has 0 atom stereocenters. The van der Waals surface area contributed by atoms with Gasteiger partial charge < -0.3 is 0 Å². The topological polar surface area (TPSA) is 0 Å². The van der Waals surface area contributed by atoms with Crippen molar-refractivity contribution < 1.29 is 0 Å². The fraction of sp³-hybridized carbons (Fsp3) is 0.294. The lowest BCUT2D eigenvalue weighted by Crippen LogP contribution is -1.97. The van der Waals surface area contributed by atoms with Crippen molar-refractivity contribution >= 4 is 0 Å². The van der Waals surface area contributed by atoms with Crippen LogP contribution in [0.1, 0.15) is 36.5 Å². The minimum atomic E-state index is 0.597. The Balaban J connectivity index is 2.53. The zero-order chi connectivity index (χ0) is 12.4. The molecule has 0 saturated carbocycles. The van der Waals surface area contributed by atoms with Crippen molar-refractivity contribution in [2.24, 2.45) is 0 Å². The van der Waals surface area contributed by atoms with Crippen molar-refractivity contribution in [3.05, 3.63) is 59.2 Å². The molecule has 0 aliphatic rings. The van der Waals surface area contributed by atoms with Crippen LogP contribution in [-0.2, 0) is 0 Å². The van der Waals surface area contributed by atoms with Crippen LogP contribution in [0.5, 0.6) is 0 Å². The molecule has 0 saturated heterocycles. The van der Waals surface area contributed by atoms with Gasteiger partial charge in [0.25, 0.3) is 0 Å². The summed E-state index contributed by atoms with van der Waals surface area (Å²) in [5, 5.41) is 0. The smallest absolute Gasteiger partial charge is 0.0179 e. The van der Waals surface area contributed by atoms with Crippen molar-refractivity contribution in [2.45, 2.75) is 33.6 Å². The van der Waals surface area contributed by atoms with E-state index in [0.717, 1.165) is 0 Å². The van der Waals surface area contributed by atoms with E-state index in [4.69, 9.17) is 0 Å². The second-order valence-electron chi connectivity index (χ2n) is 5.04. The highest BCUT2D eigenvalue weighted by molar-refractivity contribution is 5.66. The van der Waals surface area contributed by atoms with Crippen LogP contribution < -0.4 is 0 Å². The standard InChI is InChI=1S/C17H20/c1-12(2)17-13(3)10-16(11-14(17)4)15-8-6-5-7-9-15/h5-12H,1-4H3. The summed E-state index contributed by atoms with van der Waals surface area (Å²) in [5.74, 6) is 0.597. The van der Waals surface area contributed by atoms with Gasteiger partial charge in [-0.25, -0.2) is 0 Å². The van der Waals surface area contributed by atoms with Gasteiger partial charge in [-0.1, -0.05) is 56.3 Å². The average Bonchev–Trinajstić information content (AvgIpc) is 2.28. The highest BCUT2D eigenvalue weighted by Gasteiger charge is 2.09. The first-order chi connectivity index (χ1) is 8.09. The van der Waals surface area contributed by atoms with Crippen molar-refractivity contribution in [3.8, 4) is 11.1 Å². The molecular weight excluding hydrogens is 204 g/mol. The van der Waals surface area contributed by atoms with Crippen molar-refractivity contribution in [1.29, 1.82) is 0 Å². The molecule has 17 heavy (non-hydrogen) atoms. The molecule has 0 N–H and O–H groups in total. The van der Waals surface area contributed by atoms with E-state index in [2.05, 4.69) is 70.2 Å².